The van der Waals surface area contributed by atoms with Crippen molar-refractivity contribution in [3.8, 4) is 0 Å². The number of H-pyrrole nitrogens is 1. The molecule has 0 saturated carbocycles. The summed E-state index contributed by atoms with van der Waals surface area (Å²) in [5.41, 5.74) is 1.77. The van der Waals surface area contributed by atoms with Crippen LogP contribution in [0.4, 0.5) is 5.69 Å². The van der Waals surface area contributed by atoms with E-state index >= 15 is 0 Å². The molecule has 0 saturated heterocycles. The molecule has 3 aromatic rings. The Hall–Kier alpha value is -2.30. The Labute approximate surface area is 142 Å². The molecule has 116 valence electrons. The predicted octanol–water partition coefficient (Wildman–Crippen LogP) is 4.40. The number of carbonyl (C=O) groups is 1. The number of para-hydroxylation sites is 1. The Bertz CT molecular complexity index is 960. The number of hydrogen-bond acceptors (Lipinski definition) is 2. The van der Waals surface area contributed by atoms with Gasteiger partial charge in [0.15, 0.2) is 5.43 Å². The van der Waals surface area contributed by atoms with E-state index in [4.69, 9.17) is 23.2 Å². The Balaban J connectivity index is 2.07. The van der Waals surface area contributed by atoms with Crippen LogP contribution in [-0.2, 0) is 0 Å². The van der Waals surface area contributed by atoms with Crippen LogP contribution in [0.15, 0.2) is 47.4 Å². The van der Waals surface area contributed by atoms with Gasteiger partial charge in [-0.1, -0.05) is 35.3 Å². The molecule has 0 bridgehead atoms. The highest BCUT2D eigenvalue weighted by Gasteiger charge is 2.16. The Morgan fingerprint density at radius 1 is 1.09 bits per heavy atom. The van der Waals surface area contributed by atoms with Crippen LogP contribution in [0.25, 0.3) is 10.9 Å². The van der Waals surface area contributed by atoms with E-state index in [1.54, 1.807) is 49.5 Å². The number of rotatable bonds is 2. The van der Waals surface area contributed by atoms with Crippen molar-refractivity contribution in [2.24, 2.45) is 0 Å². The highest BCUT2D eigenvalue weighted by Crippen LogP contribution is 2.26. The number of anilines is 1. The maximum Gasteiger partial charge on any atom is 0.258 e. The first-order valence-corrected chi connectivity index (χ1v) is 7.61. The van der Waals surface area contributed by atoms with Crippen molar-refractivity contribution in [1.29, 1.82) is 0 Å². The van der Waals surface area contributed by atoms with Gasteiger partial charge in [0.2, 0.25) is 0 Å². The summed E-state index contributed by atoms with van der Waals surface area (Å²) in [4.78, 5) is 27.7. The summed E-state index contributed by atoms with van der Waals surface area (Å²) in [6, 6.07) is 9.98. The predicted molar refractivity (Wildman–Crippen MR) is 93.7 cm³/mol. The third-order valence-electron chi connectivity index (χ3n) is 3.54. The topological polar surface area (TPSA) is 62.0 Å². The van der Waals surface area contributed by atoms with E-state index in [0.29, 0.717) is 22.2 Å². The van der Waals surface area contributed by atoms with Crippen LogP contribution in [0.5, 0.6) is 0 Å². The van der Waals surface area contributed by atoms with E-state index in [1.807, 2.05) is 0 Å². The molecule has 1 aromatic heterocycles. The fourth-order valence-corrected chi connectivity index (χ4v) is 2.93. The van der Waals surface area contributed by atoms with Gasteiger partial charge in [0.05, 0.1) is 26.8 Å². The molecule has 0 unspecified atom stereocenters. The lowest BCUT2D eigenvalue weighted by Gasteiger charge is -2.11. The second-order valence-electron chi connectivity index (χ2n) is 5.08. The van der Waals surface area contributed by atoms with Crippen LogP contribution in [0.3, 0.4) is 0 Å². The van der Waals surface area contributed by atoms with Gasteiger partial charge in [-0.15, -0.1) is 0 Å². The minimum Gasteiger partial charge on any atom is -0.359 e. The number of aryl methyl sites for hydroxylation is 1. The molecule has 1 heterocycles. The molecule has 0 spiro atoms. The second kappa shape index (κ2) is 6.07. The molecule has 0 aliphatic rings. The van der Waals surface area contributed by atoms with Gasteiger partial charge in [-0.05, 0) is 31.2 Å². The zero-order valence-electron chi connectivity index (χ0n) is 12.1. The molecule has 2 N–H and O–H groups in total. The molecule has 0 atom stereocenters. The zero-order chi connectivity index (χ0) is 16.6. The quantitative estimate of drug-likeness (QED) is 0.722. The van der Waals surface area contributed by atoms with E-state index in [-0.39, 0.29) is 21.0 Å². The van der Waals surface area contributed by atoms with Gasteiger partial charge in [-0.25, -0.2) is 0 Å². The number of amides is 1. The van der Waals surface area contributed by atoms with Crippen LogP contribution in [-0.4, -0.2) is 10.9 Å². The van der Waals surface area contributed by atoms with Gasteiger partial charge in [0.25, 0.3) is 5.91 Å². The number of nitrogens with one attached hydrogen (secondary N) is 2. The normalized spacial score (nSPS) is 10.7. The number of aromatic amines is 1. The molecule has 1 amide bonds. The van der Waals surface area contributed by atoms with E-state index in [9.17, 15) is 9.59 Å². The molecule has 0 radical (unpaired) electrons. The first-order chi connectivity index (χ1) is 11.0. The third-order valence-corrected chi connectivity index (χ3v) is 4.17. The first kappa shape index (κ1) is 15.6. The monoisotopic (exact) mass is 346 g/mol. The van der Waals surface area contributed by atoms with Crippen molar-refractivity contribution in [2.75, 3.05) is 5.32 Å². The lowest BCUT2D eigenvalue weighted by molar-refractivity contribution is 0.102. The molecular formula is C17H12Cl2N2O2. The van der Waals surface area contributed by atoms with Crippen molar-refractivity contribution in [3.63, 3.8) is 0 Å². The van der Waals surface area contributed by atoms with E-state index < -0.39 is 5.91 Å². The van der Waals surface area contributed by atoms with Gasteiger partial charge in [-0.2, -0.15) is 0 Å². The molecule has 4 nitrogen and oxygen atoms in total. The average Bonchev–Trinajstić information content (AvgIpc) is 2.51. The summed E-state index contributed by atoms with van der Waals surface area (Å²) in [5.74, 6) is -0.436. The van der Waals surface area contributed by atoms with Crippen LogP contribution < -0.4 is 10.7 Å². The summed E-state index contributed by atoms with van der Waals surface area (Å²) in [6.45, 7) is 1.73. The van der Waals surface area contributed by atoms with Gasteiger partial charge in [0.1, 0.15) is 0 Å². The largest absolute Gasteiger partial charge is 0.359 e. The van der Waals surface area contributed by atoms with Gasteiger partial charge < -0.3 is 10.3 Å². The van der Waals surface area contributed by atoms with Gasteiger partial charge in [0, 0.05) is 17.1 Å². The third kappa shape index (κ3) is 2.83. The van der Waals surface area contributed by atoms with E-state index in [0.717, 1.165) is 0 Å². The second-order valence-corrected chi connectivity index (χ2v) is 5.89. The Morgan fingerprint density at radius 2 is 1.74 bits per heavy atom. The summed E-state index contributed by atoms with van der Waals surface area (Å²) < 4.78 is 0. The maximum atomic E-state index is 12.5. The highest BCUT2D eigenvalue weighted by molar-refractivity contribution is 6.40. The molecule has 23 heavy (non-hydrogen) atoms. The number of benzene rings is 2. The number of carbonyl (C=O) groups excluding carboxylic acids is 1. The number of pyridine rings is 1. The molecular weight excluding hydrogens is 335 g/mol. The number of hydrogen-bond donors (Lipinski definition) is 2. The molecule has 6 heteroatoms. The molecule has 0 fully saturated rings. The lowest BCUT2D eigenvalue weighted by Crippen LogP contribution is -2.15. The van der Waals surface area contributed by atoms with E-state index in [2.05, 4.69) is 10.3 Å². The summed E-state index contributed by atoms with van der Waals surface area (Å²) in [5, 5.41) is 3.79. The van der Waals surface area contributed by atoms with Crippen molar-refractivity contribution in [1.82, 2.24) is 4.98 Å². The van der Waals surface area contributed by atoms with Crippen molar-refractivity contribution >= 4 is 45.7 Å². The summed E-state index contributed by atoms with van der Waals surface area (Å²) in [6.07, 6.45) is 1.61. The van der Waals surface area contributed by atoms with Gasteiger partial charge >= 0.3 is 0 Å². The minimum atomic E-state index is -0.436. The number of fused-ring (bicyclic) bond motifs is 1. The SMILES string of the molecule is Cc1c[nH]c2c(NC(=O)c3c(Cl)cccc3Cl)cccc2c1=O. The van der Waals surface area contributed by atoms with Crippen molar-refractivity contribution < 1.29 is 4.79 Å². The number of halogens is 2. The zero-order valence-corrected chi connectivity index (χ0v) is 13.6. The summed E-state index contributed by atoms with van der Waals surface area (Å²) >= 11 is 12.1. The molecule has 0 aliphatic carbocycles. The molecule has 2 aromatic carbocycles. The maximum absolute atomic E-state index is 12.5. The smallest absolute Gasteiger partial charge is 0.258 e. The number of aromatic nitrogens is 1. The fourth-order valence-electron chi connectivity index (χ4n) is 2.36. The van der Waals surface area contributed by atoms with Crippen LogP contribution >= 0.6 is 23.2 Å². The van der Waals surface area contributed by atoms with Crippen LogP contribution in [0.2, 0.25) is 10.0 Å². The standard InChI is InChI=1S/C17H12Cl2N2O2/c1-9-8-20-15-10(16(9)22)4-2-7-13(15)21-17(23)14-11(18)5-3-6-12(14)19/h2-8H,1H3,(H,20,22)(H,21,23). The van der Waals surface area contributed by atoms with Crippen molar-refractivity contribution in [2.45, 2.75) is 6.92 Å². The summed E-state index contributed by atoms with van der Waals surface area (Å²) in [7, 11) is 0. The van der Waals surface area contributed by atoms with Gasteiger partial charge in [-0.3, -0.25) is 9.59 Å². The molecule has 3 rings (SSSR count). The van der Waals surface area contributed by atoms with Crippen LogP contribution in [0, 0.1) is 6.92 Å². The molecule has 0 aliphatic heterocycles. The minimum absolute atomic E-state index is 0.0781. The fraction of sp³-hybridized carbons (Fsp3) is 0.0588. The van der Waals surface area contributed by atoms with Crippen molar-refractivity contribution in [3.05, 3.63) is 74.0 Å². The van der Waals surface area contributed by atoms with E-state index in [1.165, 1.54) is 0 Å². The average molecular weight is 347 g/mol. The Morgan fingerprint density at radius 3 is 2.43 bits per heavy atom. The highest BCUT2D eigenvalue weighted by atomic mass is 35.5. The van der Waals surface area contributed by atoms with Crippen LogP contribution in [0.1, 0.15) is 15.9 Å². The first-order valence-electron chi connectivity index (χ1n) is 6.85. The lowest BCUT2D eigenvalue weighted by atomic mass is 10.1. The Kier molecular flexibility index (Phi) is 4.11.